The number of carbonyl (C=O) groups is 1. The largest absolute Gasteiger partial charge is 0.379 e. The first-order valence-corrected chi connectivity index (χ1v) is 6.24. The number of amides is 1. The third-order valence-corrected chi connectivity index (χ3v) is 2.72. The lowest BCUT2D eigenvalue weighted by Crippen LogP contribution is -2.56. The summed E-state index contributed by atoms with van der Waals surface area (Å²) in [7, 11) is 0. The van der Waals surface area contributed by atoms with Crippen LogP contribution in [-0.2, 0) is 4.79 Å². The van der Waals surface area contributed by atoms with Gasteiger partial charge in [-0.25, -0.2) is 0 Å². The molecule has 1 fully saturated rings. The molecule has 0 unspecified atom stereocenters. The number of benzene rings is 1. The molecule has 1 N–H and O–H groups in total. The van der Waals surface area contributed by atoms with E-state index < -0.39 is 0 Å². The molecule has 3 nitrogen and oxygen atoms in total. The van der Waals surface area contributed by atoms with Crippen LogP contribution in [0.15, 0.2) is 24.3 Å². The molecule has 1 aromatic carbocycles. The Labute approximate surface area is 104 Å². The summed E-state index contributed by atoms with van der Waals surface area (Å²) >= 11 is 0. The Balaban J connectivity index is 0.000000686. The van der Waals surface area contributed by atoms with Gasteiger partial charge >= 0.3 is 0 Å². The smallest absolute Gasteiger partial charge is 0.219 e. The van der Waals surface area contributed by atoms with Gasteiger partial charge in [0.1, 0.15) is 0 Å². The maximum atomic E-state index is 11.0. The van der Waals surface area contributed by atoms with Crippen LogP contribution in [0, 0.1) is 6.92 Å². The Morgan fingerprint density at radius 2 is 2.00 bits per heavy atom. The Morgan fingerprint density at radius 1 is 1.35 bits per heavy atom. The summed E-state index contributed by atoms with van der Waals surface area (Å²) in [5.74, 6) is 0.164. The van der Waals surface area contributed by atoms with Crippen molar-refractivity contribution in [2.45, 2.75) is 33.7 Å². The fraction of sp³-hybridized carbons (Fsp3) is 0.500. The molecule has 1 amide bonds. The molecule has 3 heteroatoms. The predicted molar refractivity (Wildman–Crippen MR) is 72.2 cm³/mol. The van der Waals surface area contributed by atoms with Crippen LogP contribution in [0.25, 0.3) is 0 Å². The Hall–Kier alpha value is -1.51. The number of carbonyl (C=O) groups excluding carboxylic acids is 1. The van der Waals surface area contributed by atoms with Crippen molar-refractivity contribution < 1.29 is 4.79 Å². The fourth-order valence-corrected chi connectivity index (χ4v) is 1.80. The van der Waals surface area contributed by atoms with Gasteiger partial charge in [-0.15, -0.1) is 0 Å². The van der Waals surface area contributed by atoms with E-state index >= 15 is 0 Å². The second-order valence-electron chi connectivity index (χ2n) is 4.13. The zero-order valence-electron chi connectivity index (χ0n) is 11.2. The van der Waals surface area contributed by atoms with E-state index in [9.17, 15) is 4.79 Å². The van der Waals surface area contributed by atoms with Gasteiger partial charge in [0.15, 0.2) is 0 Å². The van der Waals surface area contributed by atoms with Gasteiger partial charge in [0, 0.05) is 25.7 Å². The van der Waals surface area contributed by atoms with Crippen LogP contribution in [-0.4, -0.2) is 29.9 Å². The van der Waals surface area contributed by atoms with Crippen molar-refractivity contribution in [3.63, 3.8) is 0 Å². The van der Waals surface area contributed by atoms with Gasteiger partial charge in [-0.2, -0.15) is 0 Å². The Morgan fingerprint density at radius 3 is 2.53 bits per heavy atom. The number of likely N-dealkylation sites (tertiary alicyclic amines) is 1. The highest BCUT2D eigenvalue weighted by molar-refractivity contribution is 5.74. The van der Waals surface area contributed by atoms with Crippen molar-refractivity contribution in [2.24, 2.45) is 0 Å². The molecule has 94 valence electrons. The van der Waals surface area contributed by atoms with Crippen molar-refractivity contribution in [2.75, 3.05) is 18.4 Å². The van der Waals surface area contributed by atoms with Crippen LogP contribution in [0.1, 0.15) is 26.3 Å². The zero-order chi connectivity index (χ0) is 12.8. The van der Waals surface area contributed by atoms with E-state index in [4.69, 9.17) is 0 Å². The third-order valence-electron chi connectivity index (χ3n) is 2.72. The SMILES string of the molecule is CC.CC(=O)N1CC(Nc2cccc(C)c2)C1. The first kappa shape index (κ1) is 13.6. The average molecular weight is 234 g/mol. The molecule has 1 heterocycles. The van der Waals surface area contributed by atoms with Crippen LogP contribution in [0.4, 0.5) is 5.69 Å². The lowest BCUT2D eigenvalue weighted by molar-refractivity contribution is -0.132. The molecular formula is C14H22N2O. The van der Waals surface area contributed by atoms with Crippen LogP contribution in [0.5, 0.6) is 0 Å². The number of rotatable bonds is 2. The summed E-state index contributed by atoms with van der Waals surface area (Å²) in [6.07, 6.45) is 0. The van der Waals surface area contributed by atoms with Crippen molar-refractivity contribution in [3.05, 3.63) is 29.8 Å². The maximum Gasteiger partial charge on any atom is 0.219 e. The van der Waals surface area contributed by atoms with E-state index in [1.54, 1.807) is 6.92 Å². The molecule has 1 aromatic rings. The quantitative estimate of drug-likeness (QED) is 0.853. The molecule has 0 aromatic heterocycles. The molecule has 17 heavy (non-hydrogen) atoms. The molecule has 1 aliphatic rings. The highest BCUT2D eigenvalue weighted by Crippen LogP contribution is 2.16. The van der Waals surface area contributed by atoms with Crippen molar-refractivity contribution in [1.29, 1.82) is 0 Å². The maximum absolute atomic E-state index is 11.0. The molecule has 2 rings (SSSR count). The Kier molecular flexibility index (Phi) is 5.01. The number of nitrogens with zero attached hydrogens (tertiary/aromatic N) is 1. The number of aryl methyl sites for hydroxylation is 1. The molecular weight excluding hydrogens is 212 g/mol. The van der Waals surface area contributed by atoms with E-state index in [2.05, 4.69) is 30.4 Å². The highest BCUT2D eigenvalue weighted by Gasteiger charge is 2.27. The van der Waals surface area contributed by atoms with Crippen molar-refractivity contribution in [1.82, 2.24) is 4.90 Å². The minimum Gasteiger partial charge on any atom is -0.379 e. The van der Waals surface area contributed by atoms with Gasteiger partial charge in [0.25, 0.3) is 0 Å². The standard InChI is InChI=1S/C12H16N2O.C2H6/c1-9-4-3-5-11(6-9)13-12-7-14(8-12)10(2)15;1-2/h3-6,12-13H,7-8H2,1-2H3;1-2H3. The summed E-state index contributed by atoms with van der Waals surface area (Å²) in [4.78, 5) is 12.8. The molecule has 0 spiro atoms. The summed E-state index contributed by atoms with van der Waals surface area (Å²) in [5.41, 5.74) is 2.39. The molecule has 0 bridgehead atoms. The van der Waals surface area contributed by atoms with Crippen LogP contribution in [0.3, 0.4) is 0 Å². The third kappa shape index (κ3) is 3.77. The highest BCUT2D eigenvalue weighted by atomic mass is 16.2. The second kappa shape index (κ2) is 6.28. The lowest BCUT2D eigenvalue weighted by atomic mass is 10.1. The fourth-order valence-electron chi connectivity index (χ4n) is 1.80. The molecule has 1 saturated heterocycles. The topological polar surface area (TPSA) is 32.3 Å². The summed E-state index contributed by atoms with van der Waals surface area (Å²) in [6, 6.07) is 8.71. The normalized spacial score (nSPS) is 14.5. The van der Waals surface area contributed by atoms with Gasteiger partial charge in [-0.1, -0.05) is 26.0 Å². The number of nitrogens with one attached hydrogen (secondary N) is 1. The molecule has 0 atom stereocenters. The molecule has 0 radical (unpaired) electrons. The van der Waals surface area contributed by atoms with Gasteiger partial charge in [0.05, 0.1) is 6.04 Å². The van der Waals surface area contributed by atoms with E-state index in [0.717, 1.165) is 18.8 Å². The van der Waals surface area contributed by atoms with Gasteiger partial charge in [-0.3, -0.25) is 4.79 Å². The lowest BCUT2D eigenvalue weighted by Gasteiger charge is -2.39. The second-order valence-corrected chi connectivity index (χ2v) is 4.13. The summed E-state index contributed by atoms with van der Waals surface area (Å²) in [5, 5.41) is 3.41. The Bertz CT molecular complexity index is 370. The average Bonchev–Trinajstić information content (AvgIpc) is 2.25. The monoisotopic (exact) mass is 234 g/mol. The van der Waals surface area contributed by atoms with Gasteiger partial charge < -0.3 is 10.2 Å². The zero-order valence-corrected chi connectivity index (χ0v) is 11.2. The number of hydrogen-bond acceptors (Lipinski definition) is 2. The van der Waals surface area contributed by atoms with Crippen molar-refractivity contribution >= 4 is 11.6 Å². The van der Waals surface area contributed by atoms with E-state index in [0.29, 0.717) is 6.04 Å². The minimum absolute atomic E-state index is 0.164. The molecule has 1 aliphatic heterocycles. The molecule has 0 aliphatic carbocycles. The van der Waals surface area contributed by atoms with E-state index in [-0.39, 0.29) is 5.91 Å². The van der Waals surface area contributed by atoms with Crippen molar-refractivity contribution in [3.8, 4) is 0 Å². The minimum atomic E-state index is 0.164. The van der Waals surface area contributed by atoms with Gasteiger partial charge in [-0.05, 0) is 24.6 Å². The summed E-state index contributed by atoms with van der Waals surface area (Å²) < 4.78 is 0. The summed E-state index contributed by atoms with van der Waals surface area (Å²) in [6.45, 7) is 9.34. The van der Waals surface area contributed by atoms with E-state index in [1.165, 1.54) is 5.56 Å². The number of anilines is 1. The van der Waals surface area contributed by atoms with Crippen LogP contribution < -0.4 is 5.32 Å². The first-order valence-electron chi connectivity index (χ1n) is 6.24. The van der Waals surface area contributed by atoms with Crippen LogP contribution in [0.2, 0.25) is 0 Å². The van der Waals surface area contributed by atoms with E-state index in [1.807, 2.05) is 24.8 Å². The van der Waals surface area contributed by atoms with Crippen LogP contribution >= 0.6 is 0 Å². The molecule has 0 saturated carbocycles. The predicted octanol–water partition coefficient (Wildman–Crippen LogP) is 2.66. The van der Waals surface area contributed by atoms with Gasteiger partial charge in [0.2, 0.25) is 5.91 Å². The first-order chi connectivity index (χ1) is 8.15. The number of hydrogen-bond donors (Lipinski definition) is 1.